The zero-order chi connectivity index (χ0) is 13.8. The molecule has 0 aliphatic heterocycles. The molecule has 0 aliphatic carbocycles. The summed E-state index contributed by atoms with van der Waals surface area (Å²) in [5.41, 5.74) is 2.26. The lowest BCUT2D eigenvalue weighted by Gasteiger charge is -2.01. The van der Waals surface area contributed by atoms with Crippen molar-refractivity contribution in [1.82, 2.24) is 9.88 Å². The van der Waals surface area contributed by atoms with Gasteiger partial charge in [-0.15, -0.1) is 0 Å². The summed E-state index contributed by atoms with van der Waals surface area (Å²) in [6, 6.07) is 5.51. The van der Waals surface area contributed by atoms with Crippen LogP contribution in [0.15, 0.2) is 39.6 Å². The molecule has 6 nitrogen and oxygen atoms in total. The van der Waals surface area contributed by atoms with Crippen LogP contribution in [-0.4, -0.2) is 22.2 Å². The Morgan fingerprint density at radius 3 is 3.05 bits per heavy atom. The maximum absolute atomic E-state index is 11.3. The molecular formula is C13H14N2O4. The number of carboxylic acid groups (broad SMARTS) is 1. The maximum Gasteiger partial charge on any atom is 0.419 e. The van der Waals surface area contributed by atoms with Gasteiger partial charge in [0, 0.05) is 26.2 Å². The number of nitrogens with one attached hydrogen (secondary N) is 1. The summed E-state index contributed by atoms with van der Waals surface area (Å²) in [5, 5.41) is 11.5. The minimum atomic E-state index is -0.964. The molecule has 6 heteroatoms. The van der Waals surface area contributed by atoms with Crippen molar-refractivity contribution in [2.75, 3.05) is 6.54 Å². The van der Waals surface area contributed by atoms with Crippen molar-refractivity contribution in [2.24, 2.45) is 7.05 Å². The summed E-state index contributed by atoms with van der Waals surface area (Å²) >= 11 is 0. The van der Waals surface area contributed by atoms with E-state index in [2.05, 4.69) is 5.32 Å². The summed E-state index contributed by atoms with van der Waals surface area (Å²) in [5.74, 6) is -1.35. The Bertz CT molecular complexity index is 681. The van der Waals surface area contributed by atoms with E-state index in [0.717, 1.165) is 17.2 Å². The second-order valence-electron chi connectivity index (χ2n) is 4.10. The SMILES string of the molecule is Cn1c(=O)oc2cc(CNC/C=C/C(=O)O)ccc21. The number of aliphatic carboxylic acids is 1. The number of benzene rings is 1. The van der Waals surface area contributed by atoms with Gasteiger partial charge >= 0.3 is 11.7 Å². The van der Waals surface area contributed by atoms with Crippen LogP contribution in [0.4, 0.5) is 0 Å². The van der Waals surface area contributed by atoms with Crippen LogP contribution in [0, 0.1) is 0 Å². The highest BCUT2D eigenvalue weighted by Gasteiger charge is 2.05. The topological polar surface area (TPSA) is 84.5 Å². The lowest BCUT2D eigenvalue weighted by molar-refractivity contribution is -0.131. The van der Waals surface area contributed by atoms with Gasteiger partial charge in [-0.1, -0.05) is 12.1 Å². The van der Waals surface area contributed by atoms with E-state index in [-0.39, 0.29) is 5.76 Å². The zero-order valence-corrected chi connectivity index (χ0v) is 10.4. The van der Waals surface area contributed by atoms with Crippen LogP contribution in [0.1, 0.15) is 5.56 Å². The molecule has 0 amide bonds. The zero-order valence-electron chi connectivity index (χ0n) is 10.4. The number of carbonyl (C=O) groups is 1. The molecule has 0 radical (unpaired) electrons. The van der Waals surface area contributed by atoms with Gasteiger partial charge in [0.2, 0.25) is 0 Å². The normalized spacial score (nSPS) is 11.4. The van der Waals surface area contributed by atoms with E-state index < -0.39 is 5.97 Å². The maximum atomic E-state index is 11.3. The third kappa shape index (κ3) is 3.11. The van der Waals surface area contributed by atoms with E-state index in [1.807, 2.05) is 12.1 Å². The molecule has 1 aromatic heterocycles. The van der Waals surface area contributed by atoms with Gasteiger partial charge in [0.05, 0.1) is 5.52 Å². The molecule has 1 aromatic carbocycles. The molecule has 2 aromatic rings. The number of carboxylic acids is 1. The van der Waals surface area contributed by atoms with Crippen LogP contribution in [0.25, 0.3) is 11.1 Å². The number of rotatable bonds is 5. The number of fused-ring (bicyclic) bond motifs is 1. The Kier molecular flexibility index (Phi) is 3.82. The molecule has 2 N–H and O–H groups in total. The van der Waals surface area contributed by atoms with Crippen LogP contribution in [0.5, 0.6) is 0 Å². The first-order chi connectivity index (χ1) is 9.08. The number of aromatic nitrogens is 1. The Morgan fingerprint density at radius 2 is 2.32 bits per heavy atom. The molecule has 0 saturated carbocycles. The smallest absolute Gasteiger partial charge is 0.419 e. The highest BCUT2D eigenvalue weighted by atomic mass is 16.4. The van der Waals surface area contributed by atoms with E-state index >= 15 is 0 Å². The van der Waals surface area contributed by atoms with Crippen molar-refractivity contribution >= 4 is 17.1 Å². The highest BCUT2D eigenvalue weighted by Crippen LogP contribution is 2.13. The van der Waals surface area contributed by atoms with Gasteiger partial charge in [-0.25, -0.2) is 9.59 Å². The fourth-order valence-electron chi connectivity index (χ4n) is 1.75. The van der Waals surface area contributed by atoms with Gasteiger partial charge in [0.25, 0.3) is 0 Å². The predicted molar refractivity (Wildman–Crippen MR) is 69.9 cm³/mol. The Hall–Kier alpha value is -2.34. The van der Waals surface area contributed by atoms with Crippen molar-refractivity contribution in [1.29, 1.82) is 0 Å². The standard InChI is InChI=1S/C13H14N2O4/c1-15-10-5-4-9(7-11(10)19-13(15)18)8-14-6-2-3-12(16)17/h2-5,7,14H,6,8H2,1H3,(H,16,17)/b3-2+. The fraction of sp³-hybridized carbons (Fsp3) is 0.231. The van der Waals surface area contributed by atoms with Crippen molar-refractivity contribution in [2.45, 2.75) is 6.54 Å². The molecule has 0 atom stereocenters. The van der Waals surface area contributed by atoms with Gasteiger partial charge in [-0.05, 0) is 17.7 Å². The van der Waals surface area contributed by atoms with Gasteiger partial charge in [-0.3, -0.25) is 4.57 Å². The van der Waals surface area contributed by atoms with Crippen LogP contribution in [0.2, 0.25) is 0 Å². The molecule has 100 valence electrons. The average molecular weight is 262 g/mol. The first kappa shape index (κ1) is 13.1. The molecule has 0 fully saturated rings. The van der Waals surface area contributed by atoms with E-state index in [9.17, 15) is 9.59 Å². The molecule has 1 heterocycles. The Labute approximate surface area is 109 Å². The van der Waals surface area contributed by atoms with Crippen LogP contribution in [0.3, 0.4) is 0 Å². The van der Waals surface area contributed by atoms with Crippen molar-refractivity contribution < 1.29 is 14.3 Å². The van der Waals surface area contributed by atoms with Crippen LogP contribution in [-0.2, 0) is 18.4 Å². The predicted octanol–water partition coefficient (Wildman–Crippen LogP) is 0.862. The first-order valence-corrected chi connectivity index (χ1v) is 5.76. The number of nitrogens with zero attached hydrogens (tertiary/aromatic N) is 1. The number of hydrogen-bond acceptors (Lipinski definition) is 4. The Morgan fingerprint density at radius 1 is 1.53 bits per heavy atom. The fourth-order valence-corrected chi connectivity index (χ4v) is 1.75. The second kappa shape index (κ2) is 5.53. The molecule has 19 heavy (non-hydrogen) atoms. The quantitative estimate of drug-likeness (QED) is 0.616. The summed E-state index contributed by atoms with van der Waals surface area (Å²) in [6.07, 6.45) is 2.62. The monoisotopic (exact) mass is 262 g/mol. The lowest BCUT2D eigenvalue weighted by Crippen LogP contribution is -2.13. The van der Waals surface area contributed by atoms with E-state index in [0.29, 0.717) is 18.7 Å². The second-order valence-corrected chi connectivity index (χ2v) is 4.10. The van der Waals surface area contributed by atoms with E-state index in [4.69, 9.17) is 9.52 Å². The molecule has 0 saturated heterocycles. The largest absolute Gasteiger partial charge is 0.478 e. The molecule has 0 unspecified atom stereocenters. The molecular weight excluding hydrogens is 248 g/mol. The van der Waals surface area contributed by atoms with E-state index in [1.165, 1.54) is 10.6 Å². The van der Waals surface area contributed by atoms with Gasteiger partial charge in [0.1, 0.15) is 0 Å². The third-order valence-corrected chi connectivity index (χ3v) is 2.71. The summed E-state index contributed by atoms with van der Waals surface area (Å²) in [7, 11) is 1.66. The molecule has 0 bridgehead atoms. The van der Waals surface area contributed by atoms with Crippen molar-refractivity contribution in [3.05, 3.63) is 46.5 Å². The summed E-state index contributed by atoms with van der Waals surface area (Å²) < 4.78 is 6.53. The number of oxazole rings is 1. The van der Waals surface area contributed by atoms with Crippen molar-refractivity contribution in [3.63, 3.8) is 0 Å². The van der Waals surface area contributed by atoms with E-state index in [1.54, 1.807) is 13.1 Å². The van der Waals surface area contributed by atoms with Crippen LogP contribution < -0.4 is 11.1 Å². The van der Waals surface area contributed by atoms with Gasteiger partial charge in [-0.2, -0.15) is 0 Å². The molecule has 2 rings (SSSR count). The molecule has 0 aliphatic rings. The minimum Gasteiger partial charge on any atom is -0.478 e. The summed E-state index contributed by atoms with van der Waals surface area (Å²) in [4.78, 5) is 21.6. The molecule has 0 spiro atoms. The summed E-state index contributed by atoms with van der Waals surface area (Å²) in [6.45, 7) is 1.03. The third-order valence-electron chi connectivity index (χ3n) is 2.71. The van der Waals surface area contributed by atoms with Crippen molar-refractivity contribution in [3.8, 4) is 0 Å². The highest BCUT2D eigenvalue weighted by molar-refractivity contribution is 5.79. The van der Waals surface area contributed by atoms with Gasteiger partial charge in [0.15, 0.2) is 5.58 Å². The average Bonchev–Trinajstić information content (AvgIpc) is 2.64. The Balaban J connectivity index is 2.02. The van der Waals surface area contributed by atoms with Crippen LogP contribution >= 0.6 is 0 Å². The first-order valence-electron chi connectivity index (χ1n) is 5.76. The number of hydrogen-bond donors (Lipinski definition) is 2. The number of aryl methyl sites for hydroxylation is 1. The lowest BCUT2D eigenvalue weighted by atomic mass is 10.2. The van der Waals surface area contributed by atoms with Gasteiger partial charge < -0.3 is 14.8 Å². The minimum absolute atomic E-state index is 0.385.